The van der Waals surface area contributed by atoms with Gasteiger partial charge in [-0.1, -0.05) is 48.5 Å². The number of hydrogen-bond donors (Lipinski definition) is 4. The van der Waals surface area contributed by atoms with Gasteiger partial charge >= 0.3 is 12.1 Å². The molecule has 0 aromatic heterocycles. The van der Waals surface area contributed by atoms with E-state index in [-0.39, 0.29) is 31.2 Å². The van der Waals surface area contributed by atoms with Crippen molar-refractivity contribution < 1.29 is 28.6 Å². The van der Waals surface area contributed by atoms with Gasteiger partial charge in [-0.05, 0) is 46.5 Å². The number of nitrogens with two attached hydrogens (primary N) is 1. The molecule has 182 valence electrons. The van der Waals surface area contributed by atoms with Gasteiger partial charge in [0.15, 0.2) is 0 Å². The monoisotopic (exact) mass is 479 g/mol. The van der Waals surface area contributed by atoms with Gasteiger partial charge in [0.1, 0.15) is 18.5 Å². The van der Waals surface area contributed by atoms with Crippen LogP contribution in [0.25, 0.3) is 0 Å². The molecule has 8 nitrogen and oxygen atoms in total. The van der Waals surface area contributed by atoms with Crippen molar-refractivity contribution in [1.29, 1.82) is 0 Å². The number of benzene rings is 3. The molecule has 3 aromatic rings. The zero-order chi connectivity index (χ0) is 25.2. The third kappa shape index (κ3) is 8.24. The molecule has 0 heterocycles. The lowest BCUT2D eigenvalue weighted by Gasteiger charge is -2.15. The smallest absolute Gasteiger partial charge is 0.408 e. The van der Waals surface area contributed by atoms with Crippen molar-refractivity contribution in [2.75, 3.05) is 5.32 Å². The van der Waals surface area contributed by atoms with E-state index in [0.29, 0.717) is 23.4 Å². The summed E-state index contributed by atoms with van der Waals surface area (Å²) in [6, 6.07) is 18.4. The van der Waals surface area contributed by atoms with Crippen molar-refractivity contribution in [3.8, 4) is 0 Å². The summed E-state index contributed by atoms with van der Waals surface area (Å²) < 4.78 is 18.1. The van der Waals surface area contributed by atoms with Crippen LogP contribution in [0.5, 0.6) is 0 Å². The molecule has 0 aliphatic carbocycles. The van der Waals surface area contributed by atoms with Crippen LogP contribution in [0, 0.1) is 5.82 Å². The zero-order valence-corrected chi connectivity index (χ0v) is 18.9. The van der Waals surface area contributed by atoms with Gasteiger partial charge in [0, 0.05) is 18.7 Å². The molecule has 0 aliphatic heterocycles. The Morgan fingerprint density at radius 2 is 1.43 bits per heavy atom. The molecule has 1 atom stereocenters. The molecule has 3 aromatic carbocycles. The number of hydrogen-bond acceptors (Lipinski definition) is 5. The Hall–Kier alpha value is -4.24. The Morgan fingerprint density at radius 1 is 0.857 bits per heavy atom. The van der Waals surface area contributed by atoms with E-state index in [0.717, 1.165) is 11.1 Å². The summed E-state index contributed by atoms with van der Waals surface area (Å²) in [6.45, 7) is 0.309. The van der Waals surface area contributed by atoms with Crippen LogP contribution in [0.2, 0.25) is 0 Å². The molecule has 5 N–H and O–H groups in total. The minimum absolute atomic E-state index is 0.0762. The van der Waals surface area contributed by atoms with E-state index in [1.54, 1.807) is 60.7 Å². The van der Waals surface area contributed by atoms with Gasteiger partial charge in [0.05, 0.1) is 6.42 Å². The number of amides is 2. The first kappa shape index (κ1) is 25.4. The average Bonchev–Trinajstić information content (AvgIpc) is 2.85. The molecule has 9 heteroatoms. The van der Waals surface area contributed by atoms with Gasteiger partial charge in [-0.3, -0.25) is 4.79 Å². The predicted octanol–water partition coefficient (Wildman–Crippen LogP) is 3.39. The molecule has 0 saturated heterocycles. The maximum Gasteiger partial charge on any atom is 0.408 e. The van der Waals surface area contributed by atoms with Gasteiger partial charge in [-0.25, -0.2) is 14.0 Å². The first-order chi connectivity index (χ1) is 16.8. The second kappa shape index (κ2) is 12.3. The standard InChI is InChI=1S/C26H26FN3O5/c27-21-9-5-18(6-10-21)14-24(31)29-22-11-7-20(8-12-22)16-35-26(34)30-23(25(32)33)13-17-1-3-19(15-28)4-2-17/h1-12,23H,13-16,28H2,(H,29,31)(H,30,34)(H,32,33). The normalized spacial score (nSPS) is 11.4. The number of ether oxygens (including phenoxy) is 1. The second-order valence-electron chi connectivity index (χ2n) is 7.88. The number of carbonyl (C=O) groups excluding carboxylic acids is 2. The highest BCUT2D eigenvalue weighted by molar-refractivity contribution is 5.92. The molecule has 0 radical (unpaired) electrons. The number of halogens is 1. The Morgan fingerprint density at radius 3 is 2.03 bits per heavy atom. The summed E-state index contributed by atoms with van der Waals surface area (Å²) in [4.78, 5) is 35.8. The summed E-state index contributed by atoms with van der Waals surface area (Å²) in [5.74, 6) is -1.79. The largest absolute Gasteiger partial charge is 0.480 e. The van der Waals surface area contributed by atoms with E-state index in [1.165, 1.54) is 12.1 Å². The molecule has 1 unspecified atom stereocenters. The lowest BCUT2D eigenvalue weighted by Crippen LogP contribution is -2.42. The van der Waals surface area contributed by atoms with Crippen molar-refractivity contribution in [2.24, 2.45) is 5.73 Å². The van der Waals surface area contributed by atoms with E-state index >= 15 is 0 Å². The van der Waals surface area contributed by atoms with Gasteiger partial charge in [0.2, 0.25) is 5.91 Å². The Kier molecular flexibility index (Phi) is 8.91. The summed E-state index contributed by atoms with van der Waals surface area (Å²) in [5.41, 5.74) is 9.12. The quantitative estimate of drug-likeness (QED) is 0.353. The number of anilines is 1. The van der Waals surface area contributed by atoms with Crippen LogP contribution in [0.4, 0.5) is 14.9 Å². The topological polar surface area (TPSA) is 131 Å². The lowest BCUT2D eigenvalue weighted by atomic mass is 10.0. The van der Waals surface area contributed by atoms with Crippen LogP contribution in [0.3, 0.4) is 0 Å². The maximum absolute atomic E-state index is 13.0. The summed E-state index contributed by atoms with van der Waals surface area (Å²) in [6.07, 6.45) is -0.651. The van der Waals surface area contributed by atoms with E-state index < -0.39 is 18.1 Å². The fraction of sp³-hybridized carbons (Fsp3) is 0.192. The predicted molar refractivity (Wildman–Crippen MR) is 128 cm³/mol. The van der Waals surface area contributed by atoms with Crippen molar-refractivity contribution in [3.05, 3.63) is 101 Å². The molecule has 0 fully saturated rings. The van der Waals surface area contributed by atoms with Crippen LogP contribution in [0.15, 0.2) is 72.8 Å². The van der Waals surface area contributed by atoms with E-state index in [2.05, 4.69) is 10.6 Å². The molecule has 35 heavy (non-hydrogen) atoms. The average molecular weight is 480 g/mol. The number of carboxylic acid groups (broad SMARTS) is 1. The highest BCUT2D eigenvalue weighted by Gasteiger charge is 2.21. The van der Waals surface area contributed by atoms with Crippen LogP contribution in [0.1, 0.15) is 22.3 Å². The van der Waals surface area contributed by atoms with Crippen LogP contribution < -0.4 is 16.4 Å². The van der Waals surface area contributed by atoms with E-state index in [4.69, 9.17) is 10.5 Å². The van der Waals surface area contributed by atoms with E-state index in [1.807, 2.05) is 0 Å². The minimum Gasteiger partial charge on any atom is -0.480 e. The van der Waals surface area contributed by atoms with Crippen molar-refractivity contribution in [2.45, 2.75) is 32.0 Å². The summed E-state index contributed by atoms with van der Waals surface area (Å²) in [5, 5.41) is 14.5. The van der Waals surface area contributed by atoms with Crippen LogP contribution >= 0.6 is 0 Å². The molecule has 2 amide bonds. The van der Waals surface area contributed by atoms with Crippen LogP contribution in [-0.4, -0.2) is 29.1 Å². The molecule has 3 rings (SSSR count). The van der Waals surface area contributed by atoms with Crippen molar-refractivity contribution >= 4 is 23.7 Å². The Bertz CT molecular complexity index is 1150. The van der Waals surface area contributed by atoms with Gasteiger partial charge in [-0.2, -0.15) is 0 Å². The van der Waals surface area contributed by atoms with Crippen molar-refractivity contribution in [3.63, 3.8) is 0 Å². The number of nitrogens with one attached hydrogen (secondary N) is 2. The van der Waals surface area contributed by atoms with Gasteiger partial charge in [0.25, 0.3) is 0 Å². The van der Waals surface area contributed by atoms with Gasteiger partial charge in [-0.15, -0.1) is 0 Å². The molecular formula is C26H26FN3O5. The minimum atomic E-state index is -1.18. The SMILES string of the molecule is NCc1ccc(CC(NC(=O)OCc2ccc(NC(=O)Cc3ccc(F)cc3)cc2)C(=O)O)cc1. The fourth-order valence-corrected chi connectivity index (χ4v) is 3.26. The maximum atomic E-state index is 13.0. The molecular weight excluding hydrogens is 453 g/mol. The second-order valence-corrected chi connectivity index (χ2v) is 7.88. The van der Waals surface area contributed by atoms with Crippen molar-refractivity contribution in [1.82, 2.24) is 5.32 Å². The highest BCUT2D eigenvalue weighted by atomic mass is 19.1. The molecule has 0 aliphatic rings. The number of carbonyl (C=O) groups is 3. The summed E-state index contributed by atoms with van der Waals surface area (Å²) >= 11 is 0. The first-order valence-electron chi connectivity index (χ1n) is 10.9. The number of carboxylic acids is 1. The number of aliphatic carboxylic acids is 1. The molecule has 0 saturated carbocycles. The number of rotatable bonds is 10. The molecule has 0 spiro atoms. The van der Waals surface area contributed by atoms with E-state index in [9.17, 15) is 23.9 Å². The lowest BCUT2D eigenvalue weighted by molar-refractivity contribution is -0.139. The Balaban J connectivity index is 1.46. The number of alkyl carbamates (subject to hydrolysis) is 1. The zero-order valence-electron chi connectivity index (χ0n) is 18.9. The van der Waals surface area contributed by atoms with Gasteiger partial charge < -0.3 is 26.2 Å². The highest BCUT2D eigenvalue weighted by Crippen LogP contribution is 2.12. The van der Waals surface area contributed by atoms with Crippen LogP contribution in [-0.2, 0) is 40.3 Å². The summed E-state index contributed by atoms with van der Waals surface area (Å²) in [7, 11) is 0. The first-order valence-corrected chi connectivity index (χ1v) is 10.9. The Labute approximate surface area is 201 Å². The third-order valence-electron chi connectivity index (χ3n) is 5.17. The third-order valence-corrected chi connectivity index (χ3v) is 5.17. The molecule has 0 bridgehead atoms. The fourth-order valence-electron chi connectivity index (χ4n) is 3.26.